The smallest absolute Gasteiger partial charge is 0.277 e. The summed E-state index contributed by atoms with van der Waals surface area (Å²) in [5.74, 6) is 2.54. The van der Waals surface area contributed by atoms with Crippen molar-refractivity contribution in [1.82, 2.24) is 20.3 Å². The Morgan fingerprint density at radius 3 is 2.64 bits per heavy atom. The Bertz CT molecular complexity index is 1080. The lowest BCUT2D eigenvalue weighted by atomic mass is 10.2. The zero-order valence-electron chi connectivity index (χ0n) is 14.8. The van der Waals surface area contributed by atoms with Gasteiger partial charge in [-0.3, -0.25) is 0 Å². The molecule has 0 radical (unpaired) electrons. The summed E-state index contributed by atoms with van der Waals surface area (Å²) in [4.78, 5) is 4.44. The normalized spacial score (nSPS) is 10.9. The second kappa shape index (κ2) is 8.57. The maximum Gasteiger partial charge on any atom is 0.277 e. The van der Waals surface area contributed by atoms with Crippen LogP contribution >= 0.6 is 27.7 Å². The van der Waals surface area contributed by atoms with Crippen LogP contribution in [0.1, 0.15) is 12.8 Å². The van der Waals surface area contributed by atoms with Gasteiger partial charge in [0.05, 0.1) is 23.5 Å². The topological polar surface area (TPSA) is 87.1 Å². The molecule has 28 heavy (non-hydrogen) atoms. The number of aromatic nitrogens is 4. The molecule has 0 spiro atoms. The molecule has 0 aliphatic carbocycles. The summed E-state index contributed by atoms with van der Waals surface area (Å²) in [6, 6.07) is 15.3. The highest BCUT2D eigenvalue weighted by Crippen LogP contribution is 2.31. The minimum Gasteiger partial charge on any atom is -0.493 e. The predicted octanol–water partition coefficient (Wildman–Crippen LogP) is 5.24. The molecule has 0 amide bonds. The molecule has 0 aliphatic rings. The zero-order chi connectivity index (χ0) is 19.3. The lowest BCUT2D eigenvalue weighted by molar-refractivity contribution is 0.341. The lowest BCUT2D eigenvalue weighted by Crippen LogP contribution is -1.94. The van der Waals surface area contributed by atoms with Gasteiger partial charge in [-0.25, -0.2) is 0 Å². The third-order valence-electron chi connectivity index (χ3n) is 3.73. The van der Waals surface area contributed by atoms with Gasteiger partial charge in [0.15, 0.2) is 0 Å². The van der Waals surface area contributed by atoms with Crippen LogP contribution in [0.4, 0.5) is 0 Å². The van der Waals surface area contributed by atoms with Crippen molar-refractivity contribution in [3.63, 3.8) is 0 Å². The molecule has 4 rings (SSSR count). The molecule has 0 unspecified atom stereocenters. The van der Waals surface area contributed by atoms with Crippen LogP contribution in [-0.2, 0) is 5.75 Å². The average Bonchev–Trinajstić information content (AvgIpc) is 3.37. The fourth-order valence-corrected chi connectivity index (χ4v) is 3.55. The van der Waals surface area contributed by atoms with Crippen molar-refractivity contribution in [3.05, 3.63) is 58.9 Å². The minimum atomic E-state index is 0.418. The third-order valence-corrected chi connectivity index (χ3v) is 5.22. The van der Waals surface area contributed by atoms with Gasteiger partial charge in [0.1, 0.15) is 5.75 Å². The van der Waals surface area contributed by atoms with Crippen molar-refractivity contribution in [2.45, 2.75) is 17.9 Å². The van der Waals surface area contributed by atoms with E-state index >= 15 is 0 Å². The second-order valence-corrected chi connectivity index (χ2v) is 7.36. The molecule has 142 valence electrons. The number of ether oxygens (including phenoxy) is 1. The van der Waals surface area contributed by atoms with Crippen molar-refractivity contribution in [3.8, 4) is 28.6 Å². The third kappa shape index (κ3) is 4.10. The van der Waals surface area contributed by atoms with Gasteiger partial charge >= 0.3 is 0 Å². The molecule has 0 saturated carbocycles. The van der Waals surface area contributed by atoms with Crippen LogP contribution in [0.15, 0.2) is 67.2 Å². The zero-order valence-corrected chi connectivity index (χ0v) is 17.2. The monoisotopic (exact) mass is 458 g/mol. The minimum absolute atomic E-state index is 0.418. The number of thioether (sulfide) groups is 1. The van der Waals surface area contributed by atoms with E-state index in [1.807, 2.05) is 55.5 Å². The SMILES string of the molecule is CCOc1ccccc1-c1noc(CSc2nnc(-c3ccccc3Br)o2)n1. The molecule has 0 fully saturated rings. The van der Waals surface area contributed by atoms with Gasteiger partial charge in [-0.1, -0.05) is 41.2 Å². The first-order valence-electron chi connectivity index (χ1n) is 8.50. The lowest BCUT2D eigenvalue weighted by Gasteiger charge is -2.05. The van der Waals surface area contributed by atoms with E-state index in [4.69, 9.17) is 13.7 Å². The van der Waals surface area contributed by atoms with Gasteiger partial charge in [0, 0.05) is 4.47 Å². The van der Waals surface area contributed by atoms with E-state index in [1.165, 1.54) is 11.8 Å². The van der Waals surface area contributed by atoms with Gasteiger partial charge in [-0.2, -0.15) is 4.98 Å². The Kier molecular flexibility index (Phi) is 5.73. The maximum absolute atomic E-state index is 5.72. The Labute approximate surface area is 173 Å². The summed E-state index contributed by atoms with van der Waals surface area (Å²) in [5, 5.41) is 12.6. The summed E-state index contributed by atoms with van der Waals surface area (Å²) in [5.41, 5.74) is 1.63. The summed E-state index contributed by atoms with van der Waals surface area (Å²) in [7, 11) is 0. The van der Waals surface area contributed by atoms with E-state index in [0.717, 1.165) is 21.3 Å². The number of nitrogens with zero attached hydrogens (tertiary/aromatic N) is 4. The second-order valence-electron chi connectivity index (χ2n) is 5.58. The van der Waals surface area contributed by atoms with Crippen molar-refractivity contribution in [2.75, 3.05) is 6.61 Å². The Morgan fingerprint density at radius 1 is 1.04 bits per heavy atom. The van der Waals surface area contributed by atoms with Crippen molar-refractivity contribution < 1.29 is 13.7 Å². The quantitative estimate of drug-likeness (QED) is 0.347. The highest BCUT2D eigenvalue weighted by Gasteiger charge is 2.16. The first kappa shape index (κ1) is 18.7. The van der Waals surface area contributed by atoms with Crippen LogP contribution in [0.5, 0.6) is 5.75 Å². The van der Waals surface area contributed by atoms with E-state index in [9.17, 15) is 0 Å². The molecule has 0 saturated heterocycles. The van der Waals surface area contributed by atoms with E-state index in [1.54, 1.807) is 0 Å². The fourth-order valence-electron chi connectivity index (χ4n) is 2.49. The van der Waals surface area contributed by atoms with E-state index < -0.39 is 0 Å². The van der Waals surface area contributed by atoms with Crippen molar-refractivity contribution in [1.29, 1.82) is 0 Å². The molecule has 2 heterocycles. The standard InChI is InChI=1S/C19H15BrN4O3S/c1-2-25-15-10-6-4-8-13(15)17-21-16(27-24-17)11-28-19-23-22-18(26-19)12-7-3-5-9-14(12)20/h3-10H,2,11H2,1H3. The number of benzene rings is 2. The Hall–Kier alpha value is -2.65. The molecule has 2 aromatic carbocycles. The molecule has 0 aliphatic heterocycles. The Balaban J connectivity index is 1.45. The van der Waals surface area contributed by atoms with Gasteiger partial charge < -0.3 is 13.7 Å². The summed E-state index contributed by atoms with van der Waals surface area (Å²) in [6.45, 7) is 2.50. The summed E-state index contributed by atoms with van der Waals surface area (Å²) in [6.07, 6.45) is 0. The number of hydrogen-bond acceptors (Lipinski definition) is 8. The number of hydrogen-bond donors (Lipinski definition) is 0. The fraction of sp³-hybridized carbons (Fsp3) is 0.158. The first-order valence-corrected chi connectivity index (χ1v) is 10.3. The highest BCUT2D eigenvalue weighted by atomic mass is 79.9. The molecule has 2 aromatic heterocycles. The van der Waals surface area contributed by atoms with Gasteiger partial charge in [-0.15, -0.1) is 10.2 Å². The van der Waals surface area contributed by atoms with Crippen LogP contribution in [0.3, 0.4) is 0 Å². The van der Waals surface area contributed by atoms with Crippen LogP contribution in [-0.4, -0.2) is 26.9 Å². The van der Waals surface area contributed by atoms with Gasteiger partial charge in [0.25, 0.3) is 5.22 Å². The van der Waals surface area contributed by atoms with E-state index in [0.29, 0.717) is 35.2 Å². The van der Waals surface area contributed by atoms with Crippen LogP contribution < -0.4 is 4.74 Å². The molecule has 9 heteroatoms. The summed E-state index contributed by atoms with van der Waals surface area (Å²) >= 11 is 4.82. The summed E-state index contributed by atoms with van der Waals surface area (Å²) < 4.78 is 17.6. The van der Waals surface area contributed by atoms with Crippen LogP contribution in [0, 0.1) is 0 Å². The number of rotatable bonds is 7. The van der Waals surface area contributed by atoms with Crippen molar-refractivity contribution >= 4 is 27.7 Å². The Morgan fingerprint density at radius 2 is 1.82 bits per heavy atom. The molecule has 0 atom stereocenters. The average molecular weight is 459 g/mol. The number of halogens is 1. The van der Waals surface area contributed by atoms with Gasteiger partial charge in [0.2, 0.25) is 17.6 Å². The van der Waals surface area contributed by atoms with E-state index in [-0.39, 0.29) is 0 Å². The number of para-hydroxylation sites is 1. The molecule has 0 N–H and O–H groups in total. The largest absolute Gasteiger partial charge is 0.493 e. The highest BCUT2D eigenvalue weighted by molar-refractivity contribution is 9.10. The first-order chi connectivity index (χ1) is 13.7. The molecule has 7 nitrogen and oxygen atoms in total. The van der Waals surface area contributed by atoms with Crippen LogP contribution in [0.25, 0.3) is 22.8 Å². The van der Waals surface area contributed by atoms with Gasteiger partial charge in [-0.05, 0) is 47.1 Å². The van der Waals surface area contributed by atoms with Crippen molar-refractivity contribution in [2.24, 2.45) is 0 Å². The molecular formula is C19H15BrN4O3S. The molecule has 4 aromatic rings. The molecular weight excluding hydrogens is 444 g/mol. The maximum atomic E-state index is 5.72. The van der Waals surface area contributed by atoms with Crippen LogP contribution in [0.2, 0.25) is 0 Å². The van der Waals surface area contributed by atoms with E-state index in [2.05, 4.69) is 36.3 Å². The predicted molar refractivity (Wildman–Crippen MR) is 108 cm³/mol. The molecule has 0 bridgehead atoms.